The van der Waals surface area contributed by atoms with E-state index >= 15 is 0 Å². The van der Waals surface area contributed by atoms with E-state index in [1.165, 1.54) is 0 Å². The molecule has 0 spiro atoms. The Kier molecular flexibility index (Phi) is 1.93. The number of aromatic hydroxyl groups is 1. The van der Waals surface area contributed by atoms with Crippen LogP contribution in [0.15, 0.2) is 24.5 Å². The molecular weight excluding hydrogens is 164 g/mol. The smallest absolute Gasteiger partial charge is 0.119 e. The molecule has 3 heteroatoms. The van der Waals surface area contributed by atoms with Crippen molar-refractivity contribution >= 4 is 5.52 Å². The molecule has 2 heterocycles. The summed E-state index contributed by atoms with van der Waals surface area (Å²) >= 11 is 0. The lowest BCUT2D eigenvalue weighted by molar-refractivity contribution is 0.475. The van der Waals surface area contributed by atoms with Gasteiger partial charge in [0.1, 0.15) is 11.6 Å². The van der Waals surface area contributed by atoms with E-state index in [2.05, 4.69) is 11.9 Å². The Bertz CT molecular complexity index is 420. The first-order valence-corrected chi connectivity index (χ1v) is 4.46. The van der Waals surface area contributed by atoms with Crippen LogP contribution >= 0.6 is 0 Å². The molecule has 0 aromatic carbocycles. The zero-order valence-electron chi connectivity index (χ0n) is 7.57. The maximum absolute atomic E-state index is 9.23. The normalized spacial score (nSPS) is 10.8. The van der Waals surface area contributed by atoms with Gasteiger partial charge >= 0.3 is 0 Å². The summed E-state index contributed by atoms with van der Waals surface area (Å²) in [5, 5.41) is 9.23. The highest BCUT2D eigenvalue weighted by Crippen LogP contribution is 2.14. The van der Waals surface area contributed by atoms with Gasteiger partial charge in [0.05, 0.1) is 11.7 Å². The Morgan fingerprint density at radius 3 is 3.15 bits per heavy atom. The quantitative estimate of drug-likeness (QED) is 0.759. The predicted octanol–water partition coefficient (Wildman–Crippen LogP) is 1.99. The molecule has 0 radical (unpaired) electrons. The number of hydrogen-bond donors (Lipinski definition) is 1. The zero-order chi connectivity index (χ0) is 9.26. The summed E-state index contributed by atoms with van der Waals surface area (Å²) in [6.07, 6.45) is 5.69. The van der Waals surface area contributed by atoms with Crippen LogP contribution in [0, 0.1) is 0 Å². The summed E-state index contributed by atoms with van der Waals surface area (Å²) in [5.41, 5.74) is 0.948. The van der Waals surface area contributed by atoms with E-state index in [4.69, 9.17) is 0 Å². The molecule has 0 aliphatic rings. The number of fused-ring (bicyclic) bond motifs is 1. The summed E-state index contributed by atoms with van der Waals surface area (Å²) in [5.74, 6) is 1.34. The molecule has 13 heavy (non-hydrogen) atoms. The summed E-state index contributed by atoms with van der Waals surface area (Å²) < 4.78 is 2.00. The molecule has 0 atom stereocenters. The Labute approximate surface area is 76.7 Å². The third-order valence-corrected chi connectivity index (χ3v) is 2.07. The van der Waals surface area contributed by atoms with Crippen LogP contribution in [0.25, 0.3) is 5.52 Å². The van der Waals surface area contributed by atoms with Crippen LogP contribution < -0.4 is 0 Å². The number of imidazole rings is 1. The molecule has 0 amide bonds. The van der Waals surface area contributed by atoms with Gasteiger partial charge < -0.3 is 9.51 Å². The summed E-state index contributed by atoms with van der Waals surface area (Å²) in [4.78, 5) is 4.28. The molecule has 2 aromatic heterocycles. The second-order valence-electron chi connectivity index (χ2n) is 3.10. The predicted molar refractivity (Wildman–Crippen MR) is 50.9 cm³/mol. The van der Waals surface area contributed by atoms with Gasteiger partial charge in [0, 0.05) is 18.7 Å². The van der Waals surface area contributed by atoms with Crippen LogP contribution in [0.4, 0.5) is 0 Å². The molecule has 68 valence electrons. The highest BCUT2D eigenvalue weighted by Gasteiger charge is 2.01. The van der Waals surface area contributed by atoms with Gasteiger partial charge in [-0.1, -0.05) is 6.92 Å². The molecule has 0 saturated heterocycles. The van der Waals surface area contributed by atoms with Crippen molar-refractivity contribution in [2.75, 3.05) is 0 Å². The highest BCUT2D eigenvalue weighted by molar-refractivity contribution is 5.50. The number of rotatable bonds is 2. The Balaban J connectivity index is 2.55. The fourth-order valence-corrected chi connectivity index (χ4v) is 1.45. The van der Waals surface area contributed by atoms with Crippen LogP contribution in [0.3, 0.4) is 0 Å². The minimum Gasteiger partial charge on any atom is -0.508 e. The average Bonchev–Trinajstić information content (AvgIpc) is 2.49. The second kappa shape index (κ2) is 3.09. The first kappa shape index (κ1) is 8.10. The lowest BCUT2D eigenvalue weighted by Crippen LogP contribution is -1.92. The van der Waals surface area contributed by atoms with Crippen molar-refractivity contribution < 1.29 is 5.11 Å². The lowest BCUT2D eigenvalue weighted by Gasteiger charge is -1.99. The van der Waals surface area contributed by atoms with Crippen molar-refractivity contribution in [3.05, 3.63) is 30.4 Å². The van der Waals surface area contributed by atoms with E-state index in [0.29, 0.717) is 0 Å². The van der Waals surface area contributed by atoms with Crippen molar-refractivity contribution in [1.82, 2.24) is 9.38 Å². The van der Waals surface area contributed by atoms with E-state index in [9.17, 15) is 5.11 Å². The Hall–Kier alpha value is -1.51. The van der Waals surface area contributed by atoms with E-state index in [-0.39, 0.29) is 5.75 Å². The minimum atomic E-state index is 0.287. The van der Waals surface area contributed by atoms with Crippen LogP contribution in [0.5, 0.6) is 5.75 Å². The van der Waals surface area contributed by atoms with Crippen LogP contribution in [0.2, 0.25) is 0 Å². The van der Waals surface area contributed by atoms with Crippen molar-refractivity contribution in [2.24, 2.45) is 0 Å². The topological polar surface area (TPSA) is 37.5 Å². The van der Waals surface area contributed by atoms with E-state index in [1.54, 1.807) is 18.3 Å². The fourth-order valence-electron chi connectivity index (χ4n) is 1.45. The van der Waals surface area contributed by atoms with Crippen molar-refractivity contribution in [2.45, 2.75) is 19.8 Å². The minimum absolute atomic E-state index is 0.287. The van der Waals surface area contributed by atoms with Gasteiger partial charge in [-0.2, -0.15) is 0 Å². The zero-order valence-corrected chi connectivity index (χ0v) is 7.57. The van der Waals surface area contributed by atoms with E-state index < -0.39 is 0 Å². The molecule has 3 nitrogen and oxygen atoms in total. The lowest BCUT2D eigenvalue weighted by atomic mass is 10.3. The summed E-state index contributed by atoms with van der Waals surface area (Å²) in [6.45, 7) is 2.13. The van der Waals surface area contributed by atoms with Gasteiger partial charge in [-0.05, 0) is 12.5 Å². The largest absolute Gasteiger partial charge is 0.508 e. The van der Waals surface area contributed by atoms with E-state index in [1.807, 2.05) is 10.6 Å². The maximum Gasteiger partial charge on any atom is 0.119 e. The van der Waals surface area contributed by atoms with Gasteiger partial charge in [-0.3, -0.25) is 0 Å². The molecular formula is C10H12N2O. The monoisotopic (exact) mass is 176 g/mol. The second-order valence-corrected chi connectivity index (χ2v) is 3.10. The van der Waals surface area contributed by atoms with Gasteiger partial charge in [0.15, 0.2) is 0 Å². The summed E-state index contributed by atoms with van der Waals surface area (Å²) in [6, 6.07) is 3.39. The number of hydrogen-bond acceptors (Lipinski definition) is 2. The first-order chi connectivity index (χ1) is 6.31. The molecule has 0 saturated carbocycles. The third-order valence-electron chi connectivity index (χ3n) is 2.07. The standard InChI is InChI=1S/C10H12N2O/c1-2-3-10-11-7-8-6-9(13)4-5-12(8)10/h4-7,13H,2-3H2,1H3. The van der Waals surface area contributed by atoms with Crippen LogP contribution in [-0.2, 0) is 6.42 Å². The number of nitrogens with zero attached hydrogens (tertiary/aromatic N) is 2. The van der Waals surface area contributed by atoms with Crippen molar-refractivity contribution in [1.29, 1.82) is 0 Å². The van der Waals surface area contributed by atoms with Gasteiger partial charge in [0.25, 0.3) is 0 Å². The van der Waals surface area contributed by atoms with Gasteiger partial charge in [0.2, 0.25) is 0 Å². The Morgan fingerprint density at radius 1 is 1.54 bits per heavy atom. The van der Waals surface area contributed by atoms with Gasteiger partial charge in [-0.15, -0.1) is 0 Å². The molecule has 1 N–H and O–H groups in total. The average molecular weight is 176 g/mol. The van der Waals surface area contributed by atoms with Crippen LogP contribution in [0.1, 0.15) is 19.2 Å². The SMILES string of the molecule is CCCc1ncc2cc(O)ccn12. The first-order valence-electron chi connectivity index (χ1n) is 4.46. The fraction of sp³-hybridized carbons (Fsp3) is 0.300. The third kappa shape index (κ3) is 1.37. The molecule has 0 unspecified atom stereocenters. The van der Waals surface area contributed by atoms with E-state index in [0.717, 1.165) is 24.2 Å². The molecule has 2 aromatic rings. The Morgan fingerprint density at radius 2 is 2.38 bits per heavy atom. The van der Waals surface area contributed by atoms with Gasteiger partial charge in [-0.25, -0.2) is 4.98 Å². The number of aromatic nitrogens is 2. The van der Waals surface area contributed by atoms with Crippen molar-refractivity contribution in [3.63, 3.8) is 0 Å². The molecule has 2 rings (SSSR count). The molecule has 0 bridgehead atoms. The van der Waals surface area contributed by atoms with Crippen molar-refractivity contribution in [3.8, 4) is 5.75 Å². The maximum atomic E-state index is 9.23. The molecule has 0 aliphatic heterocycles. The summed E-state index contributed by atoms with van der Waals surface area (Å²) in [7, 11) is 0. The highest BCUT2D eigenvalue weighted by atomic mass is 16.3. The molecule has 0 aliphatic carbocycles. The number of aryl methyl sites for hydroxylation is 1. The van der Waals surface area contributed by atoms with Crippen LogP contribution in [-0.4, -0.2) is 14.5 Å². The number of pyridine rings is 1. The molecule has 0 fully saturated rings.